The number of piperazine rings is 1. The molecule has 0 bridgehead atoms. The first-order valence-corrected chi connectivity index (χ1v) is 9.83. The first-order valence-electron chi connectivity index (χ1n) is 9.83. The zero-order chi connectivity index (χ0) is 19.5. The van der Waals surface area contributed by atoms with Crippen molar-refractivity contribution in [2.24, 2.45) is 0 Å². The largest absolute Gasteiger partial charge is 0.377 e. The predicted octanol–water partition coefficient (Wildman–Crippen LogP) is 1.21. The highest BCUT2D eigenvalue weighted by Crippen LogP contribution is 2.27. The van der Waals surface area contributed by atoms with E-state index in [2.05, 4.69) is 20.1 Å². The minimum Gasteiger partial charge on any atom is -0.377 e. The standard InChI is InChI=1S/C19H21N7O3/c1-23-8-14-9-24(4-5-25(14)19(23)27)18-20-17(22-29-18)12-2-3-13-7-26(15-10-28-11-15)21-16(13)6-12/h2-3,6-7,14-15H,4-5,8-11H2,1H3. The third kappa shape index (κ3) is 2.66. The van der Waals surface area contributed by atoms with E-state index < -0.39 is 0 Å². The van der Waals surface area contributed by atoms with Crippen LogP contribution in [0.3, 0.4) is 0 Å². The molecular weight excluding hydrogens is 374 g/mol. The van der Waals surface area contributed by atoms with Crippen LogP contribution in [0.25, 0.3) is 22.3 Å². The lowest BCUT2D eigenvalue weighted by Crippen LogP contribution is -2.52. The molecule has 1 atom stereocenters. The van der Waals surface area contributed by atoms with E-state index in [0.717, 1.165) is 23.0 Å². The topological polar surface area (TPSA) is 92.8 Å². The van der Waals surface area contributed by atoms with Gasteiger partial charge in [-0.2, -0.15) is 10.1 Å². The van der Waals surface area contributed by atoms with Gasteiger partial charge in [0, 0.05) is 50.4 Å². The molecule has 0 radical (unpaired) electrons. The summed E-state index contributed by atoms with van der Waals surface area (Å²) in [4.78, 5) is 22.5. The third-order valence-electron chi connectivity index (χ3n) is 6.00. The van der Waals surface area contributed by atoms with Crippen LogP contribution in [-0.4, -0.2) is 88.2 Å². The van der Waals surface area contributed by atoms with Crippen molar-refractivity contribution in [1.82, 2.24) is 29.7 Å². The molecule has 10 heteroatoms. The van der Waals surface area contributed by atoms with Gasteiger partial charge in [0.2, 0.25) is 5.82 Å². The molecule has 0 spiro atoms. The van der Waals surface area contributed by atoms with Gasteiger partial charge in [-0.1, -0.05) is 17.3 Å². The fourth-order valence-electron chi connectivity index (χ4n) is 4.25. The minimum atomic E-state index is 0.0991. The molecule has 3 aromatic rings. The number of urea groups is 1. The molecule has 0 N–H and O–H groups in total. The maximum atomic E-state index is 12.1. The SMILES string of the molecule is CN1CC2CN(c3nc(-c4ccc5cn(C6COC6)nc5c4)no3)CCN2C1=O. The average Bonchev–Trinajstić information content (AvgIpc) is 3.38. The monoisotopic (exact) mass is 395 g/mol. The van der Waals surface area contributed by atoms with Crippen molar-refractivity contribution in [2.75, 3.05) is 51.3 Å². The van der Waals surface area contributed by atoms with E-state index in [4.69, 9.17) is 9.26 Å². The third-order valence-corrected chi connectivity index (χ3v) is 6.00. The van der Waals surface area contributed by atoms with Crippen molar-refractivity contribution in [3.63, 3.8) is 0 Å². The van der Waals surface area contributed by atoms with Crippen LogP contribution in [0.2, 0.25) is 0 Å². The molecule has 2 amide bonds. The van der Waals surface area contributed by atoms with E-state index in [1.807, 2.05) is 41.0 Å². The second kappa shape index (κ2) is 6.18. The number of ether oxygens (including phenoxy) is 1. The van der Waals surface area contributed by atoms with E-state index in [1.54, 1.807) is 4.90 Å². The van der Waals surface area contributed by atoms with E-state index in [-0.39, 0.29) is 12.1 Å². The number of anilines is 1. The van der Waals surface area contributed by atoms with Crippen molar-refractivity contribution < 1.29 is 14.1 Å². The molecule has 3 aliphatic heterocycles. The Kier molecular flexibility index (Phi) is 3.58. The van der Waals surface area contributed by atoms with Crippen LogP contribution in [0.1, 0.15) is 6.04 Å². The number of carbonyl (C=O) groups excluding carboxylic acids is 1. The first-order chi connectivity index (χ1) is 14.2. The average molecular weight is 395 g/mol. The normalized spacial score (nSPS) is 22.4. The van der Waals surface area contributed by atoms with Crippen LogP contribution in [0.4, 0.5) is 10.8 Å². The number of aromatic nitrogens is 4. The van der Waals surface area contributed by atoms with Gasteiger partial charge in [0.1, 0.15) is 0 Å². The highest BCUT2D eigenvalue weighted by molar-refractivity contribution is 5.82. The van der Waals surface area contributed by atoms with Gasteiger partial charge in [-0.15, -0.1) is 0 Å². The summed E-state index contributed by atoms with van der Waals surface area (Å²) < 4.78 is 12.8. The van der Waals surface area contributed by atoms with Gasteiger partial charge in [0.25, 0.3) is 0 Å². The lowest BCUT2D eigenvalue weighted by Gasteiger charge is -2.35. The molecule has 2 aromatic heterocycles. The van der Waals surface area contributed by atoms with Gasteiger partial charge in [-0.05, 0) is 6.07 Å². The van der Waals surface area contributed by atoms with Crippen LogP contribution in [0.5, 0.6) is 0 Å². The Bertz CT molecular complexity index is 1090. The van der Waals surface area contributed by atoms with E-state index >= 15 is 0 Å². The van der Waals surface area contributed by atoms with Crippen molar-refractivity contribution in [3.05, 3.63) is 24.4 Å². The smallest absolute Gasteiger partial charge is 0.324 e. The number of benzene rings is 1. The summed E-state index contributed by atoms with van der Waals surface area (Å²) in [6.07, 6.45) is 2.05. The van der Waals surface area contributed by atoms with E-state index in [9.17, 15) is 4.79 Å². The lowest BCUT2D eigenvalue weighted by molar-refractivity contribution is -0.0283. The summed E-state index contributed by atoms with van der Waals surface area (Å²) in [5, 5.41) is 9.92. The van der Waals surface area contributed by atoms with Crippen molar-refractivity contribution in [3.8, 4) is 11.4 Å². The number of fused-ring (bicyclic) bond motifs is 2. The van der Waals surface area contributed by atoms with Gasteiger partial charge in [0.05, 0.1) is 30.8 Å². The summed E-state index contributed by atoms with van der Waals surface area (Å²) in [7, 11) is 1.84. The molecule has 1 aromatic carbocycles. The summed E-state index contributed by atoms with van der Waals surface area (Å²) in [5.74, 6) is 0.547. The zero-order valence-electron chi connectivity index (χ0n) is 16.1. The lowest BCUT2D eigenvalue weighted by atomic mass is 10.1. The Balaban J connectivity index is 1.23. The van der Waals surface area contributed by atoms with Gasteiger partial charge >= 0.3 is 12.0 Å². The molecule has 5 heterocycles. The molecule has 3 saturated heterocycles. The maximum Gasteiger partial charge on any atom is 0.324 e. The number of likely N-dealkylation sites (N-methyl/N-ethyl adjacent to an activating group) is 1. The van der Waals surface area contributed by atoms with Gasteiger partial charge < -0.3 is 24.0 Å². The molecule has 29 heavy (non-hydrogen) atoms. The molecule has 6 rings (SSSR count). The molecule has 150 valence electrons. The highest BCUT2D eigenvalue weighted by atomic mass is 16.5. The molecule has 0 aliphatic carbocycles. The first kappa shape index (κ1) is 16.8. The summed E-state index contributed by atoms with van der Waals surface area (Å²) in [6.45, 7) is 4.20. The Morgan fingerprint density at radius 1 is 1.14 bits per heavy atom. The zero-order valence-corrected chi connectivity index (χ0v) is 16.1. The maximum absolute atomic E-state index is 12.1. The number of amides is 2. The van der Waals surface area contributed by atoms with Crippen LogP contribution in [0.15, 0.2) is 28.9 Å². The van der Waals surface area contributed by atoms with E-state index in [1.165, 1.54) is 0 Å². The van der Waals surface area contributed by atoms with Crippen molar-refractivity contribution in [2.45, 2.75) is 12.1 Å². The number of rotatable bonds is 3. The number of hydrogen-bond acceptors (Lipinski definition) is 7. The van der Waals surface area contributed by atoms with Gasteiger partial charge in [-0.3, -0.25) is 4.68 Å². The second-order valence-electron chi connectivity index (χ2n) is 7.93. The Hall–Kier alpha value is -3.14. The van der Waals surface area contributed by atoms with Crippen molar-refractivity contribution in [1.29, 1.82) is 0 Å². The molecule has 1 unspecified atom stereocenters. The summed E-state index contributed by atoms with van der Waals surface area (Å²) in [6, 6.07) is 7.09. The summed E-state index contributed by atoms with van der Waals surface area (Å²) >= 11 is 0. The minimum absolute atomic E-state index is 0.0991. The number of carbonyl (C=O) groups is 1. The Labute approximate surface area is 166 Å². The number of hydrogen-bond donors (Lipinski definition) is 0. The van der Waals surface area contributed by atoms with Gasteiger partial charge in [-0.25, -0.2) is 4.79 Å². The predicted molar refractivity (Wildman–Crippen MR) is 104 cm³/mol. The molecule has 3 aliphatic rings. The van der Waals surface area contributed by atoms with E-state index in [0.29, 0.717) is 50.7 Å². The van der Waals surface area contributed by atoms with Crippen LogP contribution < -0.4 is 4.90 Å². The number of nitrogens with zero attached hydrogens (tertiary/aromatic N) is 7. The molecule has 10 nitrogen and oxygen atoms in total. The van der Waals surface area contributed by atoms with Crippen LogP contribution in [-0.2, 0) is 4.74 Å². The van der Waals surface area contributed by atoms with Crippen LogP contribution in [0, 0.1) is 0 Å². The quantitative estimate of drug-likeness (QED) is 0.658. The van der Waals surface area contributed by atoms with Crippen LogP contribution >= 0.6 is 0 Å². The molecule has 0 saturated carbocycles. The Morgan fingerprint density at radius 3 is 2.86 bits per heavy atom. The summed E-state index contributed by atoms with van der Waals surface area (Å²) in [5.41, 5.74) is 1.78. The highest BCUT2D eigenvalue weighted by Gasteiger charge is 2.40. The fraction of sp³-hybridized carbons (Fsp3) is 0.474. The molecular formula is C19H21N7O3. The van der Waals surface area contributed by atoms with Crippen molar-refractivity contribution >= 4 is 22.9 Å². The Morgan fingerprint density at radius 2 is 2.03 bits per heavy atom. The molecule has 3 fully saturated rings. The fourth-order valence-corrected chi connectivity index (χ4v) is 4.25. The van der Waals surface area contributed by atoms with Gasteiger partial charge in [0.15, 0.2) is 0 Å². The second-order valence-corrected chi connectivity index (χ2v) is 7.93.